The summed E-state index contributed by atoms with van der Waals surface area (Å²) in [6, 6.07) is 3.68. The summed E-state index contributed by atoms with van der Waals surface area (Å²) in [6.45, 7) is 2.43. The zero-order chi connectivity index (χ0) is 14.5. The van der Waals surface area contributed by atoms with E-state index in [0.29, 0.717) is 29.6 Å². The van der Waals surface area contributed by atoms with Crippen molar-refractivity contribution >= 4 is 35.8 Å². The highest BCUT2D eigenvalue weighted by molar-refractivity contribution is 7.80. The Morgan fingerprint density at radius 2 is 2.35 bits per heavy atom. The molecule has 0 saturated heterocycles. The van der Waals surface area contributed by atoms with E-state index in [2.05, 4.69) is 22.7 Å². The van der Waals surface area contributed by atoms with Crippen molar-refractivity contribution in [2.24, 2.45) is 0 Å². The van der Waals surface area contributed by atoms with Gasteiger partial charge in [0.25, 0.3) is 0 Å². The van der Waals surface area contributed by atoms with Gasteiger partial charge in [0.15, 0.2) is 5.15 Å². The van der Waals surface area contributed by atoms with E-state index in [9.17, 15) is 4.79 Å². The van der Waals surface area contributed by atoms with Gasteiger partial charge in [0.2, 0.25) is 5.91 Å². The molecule has 2 aromatic rings. The molecule has 0 aliphatic rings. The van der Waals surface area contributed by atoms with Crippen LogP contribution in [0.15, 0.2) is 30.7 Å². The number of carbonyl (C=O) groups is 1. The minimum Gasteiger partial charge on any atom is -0.308 e. The summed E-state index contributed by atoms with van der Waals surface area (Å²) in [5, 5.41) is 4.52. The second kappa shape index (κ2) is 6.76. The first-order valence-corrected chi connectivity index (χ1v) is 7.25. The number of halogens is 1. The van der Waals surface area contributed by atoms with Crippen LogP contribution in [0.2, 0.25) is 5.15 Å². The van der Waals surface area contributed by atoms with Gasteiger partial charge >= 0.3 is 0 Å². The van der Waals surface area contributed by atoms with Crippen molar-refractivity contribution in [2.45, 2.75) is 13.3 Å². The lowest BCUT2D eigenvalue weighted by molar-refractivity contribution is -0.118. The molecule has 0 aliphatic heterocycles. The molecule has 0 fully saturated rings. The third kappa shape index (κ3) is 3.13. The molecule has 0 atom stereocenters. The van der Waals surface area contributed by atoms with Crippen LogP contribution in [0.3, 0.4) is 0 Å². The molecule has 0 unspecified atom stereocenters. The van der Waals surface area contributed by atoms with Gasteiger partial charge in [-0.25, -0.2) is 4.68 Å². The molecule has 0 aromatic carbocycles. The number of anilines is 1. The van der Waals surface area contributed by atoms with Gasteiger partial charge < -0.3 is 4.90 Å². The summed E-state index contributed by atoms with van der Waals surface area (Å²) in [5.41, 5.74) is 1.39. The Labute approximate surface area is 128 Å². The molecule has 1 amide bonds. The summed E-state index contributed by atoms with van der Waals surface area (Å²) in [7, 11) is 0. The second-order valence-corrected chi connectivity index (χ2v) is 4.88. The maximum absolute atomic E-state index is 12.0. The molecule has 0 saturated carbocycles. The molecule has 0 aliphatic carbocycles. The van der Waals surface area contributed by atoms with Crippen molar-refractivity contribution in [3.8, 4) is 5.69 Å². The molecule has 106 valence electrons. The maximum Gasteiger partial charge on any atom is 0.227 e. The van der Waals surface area contributed by atoms with Gasteiger partial charge in [-0.15, -0.1) is 0 Å². The van der Waals surface area contributed by atoms with Gasteiger partial charge in [0.1, 0.15) is 5.69 Å². The van der Waals surface area contributed by atoms with Gasteiger partial charge in [0, 0.05) is 19.2 Å². The van der Waals surface area contributed by atoms with Crippen molar-refractivity contribution in [1.82, 2.24) is 14.8 Å². The number of nitrogens with zero attached hydrogens (tertiary/aromatic N) is 4. The molecule has 0 N–H and O–H groups in total. The molecule has 2 aromatic heterocycles. The first kappa shape index (κ1) is 14.9. The minimum atomic E-state index is -0.0184. The quantitative estimate of drug-likeness (QED) is 0.864. The molecule has 0 radical (unpaired) electrons. The lowest BCUT2D eigenvalue weighted by atomic mass is 10.3. The van der Waals surface area contributed by atoms with Gasteiger partial charge in [-0.3, -0.25) is 9.78 Å². The monoisotopic (exact) mass is 310 g/mol. The van der Waals surface area contributed by atoms with Crippen LogP contribution in [-0.4, -0.2) is 33.0 Å². The highest BCUT2D eigenvalue weighted by atomic mass is 35.5. The number of thiol groups is 1. The van der Waals surface area contributed by atoms with Crippen LogP contribution >= 0.6 is 24.2 Å². The molecule has 7 heteroatoms. The van der Waals surface area contributed by atoms with Crippen LogP contribution in [-0.2, 0) is 4.79 Å². The highest BCUT2D eigenvalue weighted by Crippen LogP contribution is 2.26. The third-order valence-electron chi connectivity index (χ3n) is 2.80. The van der Waals surface area contributed by atoms with E-state index in [1.165, 1.54) is 0 Å². The predicted molar refractivity (Wildman–Crippen MR) is 82.9 cm³/mol. The molecular weight excluding hydrogens is 296 g/mol. The van der Waals surface area contributed by atoms with Gasteiger partial charge in [-0.1, -0.05) is 11.6 Å². The van der Waals surface area contributed by atoms with Gasteiger partial charge in [0.05, 0.1) is 18.1 Å². The first-order valence-electron chi connectivity index (χ1n) is 6.24. The van der Waals surface area contributed by atoms with Crippen molar-refractivity contribution in [1.29, 1.82) is 0 Å². The average molecular weight is 311 g/mol. The van der Waals surface area contributed by atoms with E-state index >= 15 is 0 Å². The fraction of sp³-hybridized carbons (Fsp3) is 0.308. The Morgan fingerprint density at radius 1 is 1.55 bits per heavy atom. The smallest absolute Gasteiger partial charge is 0.227 e. The number of hydrogen-bond acceptors (Lipinski definition) is 4. The Kier molecular flexibility index (Phi) is 5.03. The fourth-order valence-corrected chi connectivity index (χ4v) is 2.28. The summed E-state index contributed by atoms with van der Waals surface area (Å²) in [5.74, 6) is 0.485. The van der Waals surface area contributed by atoms with E-state index in [-0.39, 0.29) is 5.91 Å². The largest absolute Gasteiger partial charge is 0.308 e. The summed E-state index contributed by atoms with van der Waals surface area (Å²) < 4.78 is 1.61. The van der Waals surface area contributed by atoms with Crippen LogP contribution < -0.4 is 4.90 Å². The Balaban J connectivity index is 2.33. The first-order chi connectivity index (χ1) is 9.67. The molecule has 0 bridgehead atoms. The average Bonchev–Trinajstić information content (AvgIpc) is 2.83. The number of rotatable bonds is 5. The number of pyridine rings is 1. The van der Waals surface area contributed by atoms with Crippen molar-refractivity contribution in [3.63, 3.8) is 0 Å². The van der Waals surface area contributed by atoms with Crippen LogP contribution in [0.25, 0.3) is 5.69 Å². The number of aromatic nitrogens is 3. The Hall–Kier alpha value is -1.53. The lowest BCUT2D eigenvalue weighted by Crippen LogP contribution is -2.30. The normalized spacial score (nSPS) is 10.6. The topological polar surface area (TPSA) is 51.0 Å². The summed E-state index contributed by atoms with van der Waals surface area (Å²) in [6.07, 6.45) is 5.47. The highest BCUT2D eigenvalue weighted by Gasteiger charge is 2.19. The van der Waals surface area contributed by atoms with Gasteiger partial charge in [-0.2, -0.15) is 17.7 Å². The van der Waals surface area contributed by atoms with E-state index in [1.807, 2.05) is 19.1 Å². The molecule has 2 rings (SSSR count). The molecule has 0 spiro atoms. The summed E-state index contributed by atoms with van der Waals surface area (Å²) >= 11 is 10.2. The van der Waals surface area contributed by atoms with Crippen molar-refractivity contribution in [3.05, 3.63) is 35.9 Å². The van der Waals surface area contributed by atoms with Crippen molar-refractivity contribution < 1.29 is 4.79 Å². The standard InChI is InChI=1S/C13H15ClN4OS/c1-2-17(12(19)5-7-20)11-9-18(16-13(11)14)10-4-3-6-15-8-10/h3-4,6,8-9,20H,2,5,7H2,1H3. The molecular formula is C13H15ClN4OS. The van der Waals surface area contributed by atoms with Crippen molar-refractivity contribution in [2.75, 3.05) is 17.2 Å². The molecule has 2 heterocycles. The fourth-order valence-electron chi connectivity index (χ4n) is 1.86. The predicted octanol–water partition coefficient (Wildman–Crippen LogP) is 2.59. The van der Waals surface area contributed by atoms with Crippen LogP contribution in [0.1, 0.15) is 13.3 Å². The zero-order valence-electron chi connectivity index (χ0n) is 11.0. The van der Waals surface area contributed by atoms with Crippen LogP contribution in [0.4, 0.5) is 5.69 Å². The van der Waals surface area contributed by atoms with E-state index in [1.54, 1.807) is 28.2 Å². The lowest BCUT2D eigenvalue weighted by Gasteiger charge is -2.18. The van der Waals surface area contributed by atoms with Gasteiger partial charge in [-0.05, 0) is 24.8 Å². The molecule has 5 nitrogen and oxygen atoms in total. The van der Waals surface area contributed by atoms with Crippen LogP contribution in [0, 0.1) is 0 Å². The van der Waals surface area contributed by atoms with E-state index in [4.69, 9.17) is 11.6 Å². The number of hydrogen-bond donors (Lipinski definition) is 1. The maximum atomic E-state index is 12.0. The Bertz CT molecular complexity index is 587. The Morgan fingerprint density at radius 3 is 2.95 bits per heavy atom. The molecule has 20 heavy (non-hydrogen) atoms. The van der Waals surface area contributed by atoms with E-state index < -0.39 is 0 Å². The summed E-state index contributed by atoms with van der Waals surface area (Å²) in [4.78, 5) is 17.7. The SMILES string of the molecule is CCN(C(=O)CCS)c1cn(-c2cccnc2)nc1Cl. The number of carbonyl (C=O) groups excluding carboxylic acids is 1. The van der Waals surface area contributed by atoms with E-state index in [0.717, 1.165) is 5.69 Å². The van der Waals surface area contributed by atoms with Crippen LogP contribution in [0.5, 0.6) is 0 Å². The third-order valence-corrected chi connectivity index (χ3v) is 3.29. The second-order valence-electron chi connectivity index (χ2n) is 4.07. The number of amides is 1. The minimum absolute atomic E-state index is 0.0184. The zero-order valence-corrected chi connectivity index (χ0v) is 12.7.